The van der Waals surface area contributed by atoms with Gasteiger partial charge in [-0.2, -0.15) is 11.8 Å². The number of Topliss-reactive ketones (excluding diaryl/α,β-unsaturated/α-hetero) is 1. The minimum Gasteiger partial charge on any atom is -0.354 e. The van der Waals surface area contributed by atoms with Crippen LogP contribution in [0.1, 0.15) is 12.5 Å². The van der Waals surface area contributed by atoms with Crippen molar-refractivity contribution in [3.8, 4) is 0 Å². The maximum atomic E-state index is 11.7. The molecule has 3 N–H and O–H groups in total. The van der Waals surface area contributed by atoms with Gasteiger partial charge >= 0.3 is 0 Å². The van der Waals surface area contributed by atoms with Crippen LogP contribution < -0.4 is 11.1 Å². The first kappa shape index (κ1) is 15.7. The predicted octanol–water partition coefficient (Wildman–Crippen LogP) is 0.995. The van der Waals surface area contributed by atoms with E-state index in [1.165, 1.54) is 11.8 Å². The van der Waals surface area contributed by atoms with Gasteiger partial charge in [0.15, 0.2) is 0 Å². The van der Waals surface area contributed by atoms with Crippen LogP contribution in [0.2, 0.25) is 0 Å². The van der Waals surface area contributed by atoms with E-state index in [-0.39, 0.29) is 11.7 Å². The Morgan fingerprint density at radius 2 is 2.00 bits per heavy atom. The summed E-state index contributed by atoms with van der Waals surface area (Å²) in [6.45, 7) is 2.10. The summed E-state index contributed by atoms with van der Waals surface area (Å²) < 4.78 is 0. The quantitative estimate of drug-likeness (QED) is 0.697. The van der Waals surface area contributed by atoms with Crippen LogP contribution >= 0.6 is 11.8 Å². The Labute approximate surface area is 118 Å². The van der Waals surface area contributed by atoms with Crippen molar-refractivity contribution < 1.29 is 9.59 Å². The highest BCUT2D eigenvalue weighted by molar-refractivity contribution is 7.99. The molecule has 0 saturated heterocycles. The predicted molar refractivity (Wildman–Crippen MR) is 79.1 cm³/mol. The molecule has 0 radical (unpaired) electrons. The largest absolute Gasteiger partial charge is 0.354 e. The molecule has 1 atom stereocenters. The average Bonchev–Trinajstić information content (AvgIpc) is 2.38. The average molecular weight is 280 g/mol. The van der Waals surface area contributed by atoms with Gasteiger partial charge in [-0.25, -0.2) is 0 Å². The van der Waals surface area contributed by atoms with Crippen molar-refractivity contribution in [1.82, 2.24) is 5.32 Å². The third kappa shape index (κ3) is 6.98. The Hall–Kier alpha value is -1.33. The summed E-state index contributed by atoms with van der Waals surface area (Å²) in [7, 11) is 0. The molecule has 104 valence electrons. The Balaban J connectivity index is 2.20. The Bertz CT molecular complexity index is 409. The summed E-state index contributed by atoms with van der Waals surface area (Å²) in [6.07, 6.45) is 0.535. The number of carbonyl (C=O) groups excluding carboxylic acids is 2. The molecule has 0 aliphatic carbocycles. The van der Waals surface area contributed by atoms with E-state index in [1.807, 2.05) is 30.3 Å². The van der Waals surface area contributed by atoms with Crippen molar-refractivity contribution in [3.05, 3.63) is 35.9 Å². The topological polar surface area (TPSA) is 72.2 Å². The lowest BCUT2D eigenvalue weighted by molar-refractivity contribution is -0.122. The van der Waals surface area contributed by atoms with E-state index in [9.17, 15) is 9.59 Å². The minimum absolute atomic E-state index is 0.146. The molecule has 19 heavy (non-hydrogen) atoms. The maximum Gasteiger partial charge on any atom is 0.237 e. The van der Waals surface area contributed by atoms with Crippen LogP contribution in [-0.4, -0.2) is 35.8 Å². The van der Waals surface area contributed by atoms with Gasteiger partial charge in [0.05, 0.1) is 11.8 Å². The molecule has 0 heterocycles. The van der Waals surface area contributed by atoms with Crippen LogP contribution in [0, 0.1) is 0 Å². The maximum absolute atomic E-state index is 11.7. The number of rotatable bonds is 8. The number of amides is 1. The number of hydrogen-bond acceptors (Lipinski definition) is 4. The normalized spacial score (nSPS) is 11.9. The SMILES string of the molecule is CC(=O)CSCCNC(=O)[C@@H](N)Cc1ccccc1. The molecule has 0 bridgehead atoms. The zero-order valence-electron chi connectivity index (χ0n) is 11.1. The van der Waals surface area contributed by atoms with E-state index in [1.54, 1.807) is 6.92 Å². The number of benzene rings is 1. The van der Waals surface area contributed by atoms with Gasteiger partial charge in [-0.3, -0.25) is 9.59 Å². The second-order valence-electron chi connectivity index (χ2n) is 4.34. The summed E-state index contributed by atoms with van der Waals surface area (Å²) in [5.41, 5.74) is 6.89. The molecule has 0 aromatic heterocycles. The van der Waals surface area contributed by atoms with E-state index in [4.69, 9.17) is 5.73 Å². The van der Waals surface area contributed by atoms with E-state index < -0.39 is 6.04 Å². The second kappa shape index (κ2) is 8.72. The van der Waals surface area contributed by atoms with Crippen LogP contribution in [0.15, 0.2) is 30.3 Å². The van der Waals surface area contributed by atoms with Gasteiger partial charge in [-0.05, 0) is 18.9 Å². The minimum atomic E-state index is -0.528. The van der Waals surface area contributed by atoms with Crippen LogP contribution in [0.4, 0.5) is 0 Å². The molecule has 4 nitrogen and oxygen atoms in total. The number of ketones is 1. The number of thioether (sulfide) groups is 1. The first-order valence-corrected chi connectivity index (χ1v) is 7.39. The number of nitrogens with two attached hydrogens (primary N) is 1. The van der Waals surface area contributed by atoms with E-state index in [0.29, 0.717) is 18.7 Å². The van der Waals surface area contributed by atoms with E-state index >= 15 is 0 Å². The van der Waals surface area contributed by atoms with Crippen molar-refractivity contribution in [3.63, 3.8) is 0 Å². The standard InChI is InChI=1S/C14H20N2O2S/c1-11(17)10-19-8-7-16-14(18)13(15)9-12-5-3-2-4-6-12/h2-6,13H,7-10,15H2,1H3,(H,16,18)/t13-/m0/s1. The molecule has 5 heteroatoms. The van der Waals surface area contributed by atoms with Gasteiger partial charge in [0.1, 0.15) is 5.78 Å². The van der Waals surface area contributed by atoms with Crippen molar-refractivity contribution in [2.24, 2.45) is 5.73 Å². The van der Waals surface area contributed by atoms with Gasteiger partial charge in [0.2, 0.25) is 5.91 Å². The lowest BCUT2D eigenvalue weighted by Crippen LogP contribution is -2.42. The van der Waals surface area contributed by atoms with Crippen LogP contribution in [0.25, 0.3) is 0 Å². The molecular formula is C14H20N2O2S. The first-order chi connectivity index (χ1) is 9.09. The lowest BCUT2D eigenvalue weighted by Gasteiger charge is -2.12. The number of carbonyl (C=O) groups is 2. The molecular weight excluding hydrogens is 260 g/mol. The van der Waals surface area contributed by atoms with Crippen LogP contribution in [0.5, 0.6) is 0 Å². The molecule has 1 aromatic carbocycles. The monoisotopic (exact) mass is 280 g/mol. The van der Waals surface area contributed by atoms with Crippen molar-refractivity contribution in [2.75, 3.05) is 18.1 Å². The molecule has 0 unspecified atom stereocenters. The molecule has 0 fully saturated rings. The van der Waals surface area contributed by atoms with Gasteiger partial charge in [0.25, 0.3) is 0 Å². The first-order valence-electron chi connectivity index (χ1n) is 6.24. The fourth-order valence-corrected chi connectivity index (χ4v) is 2.23. The summed E-state index contributed by atoms with van der Waals surface area (Å²) in [4.78, 5) is 22.5. The molecule has 1 rings (SSSR count). The van der Waals surface area contributed by atoms with Crippen LogP contribution in [0.3, 0.4) is 0 Å². The Morgan fingerprint density at radius 1 is 1.32 bits per heavy atom. The fraction of sp³-hybridized carbons (Fsp3) is 0.429. The third-order valence-corrected chi connectivity index (χ3v) is 3.59. The van der Waals surface area contributed by atoms with Crippen molar-refractivity contribution in [1.29, 1.82) is 0 Å². The Morgan fingerprint density at radius 3 is 2.63 bits per heavy atom. The summed E-state index contributed by atoms with van der Waals surface area (Å²) in [6, 6.07) is 9.17. The fourth-order valence-electron chi connectivity index (χ4n) is 1.55. The molecule has 0 aliphatic rings. The van der Waals surface area contributed by atoms with E-state index in [2.05, 4.69) is 5.32 Å². The zero-order valence-corrected chi connectivity index (χ0v) is 11.9. The zero-order chi connectivity index (χ0) is 14.1. The van der Waals surface area contributed by atoms with Gasteiger partial charge in [0, 0.05) is 12.3 Å². The highest BCUT2D eigenvalue weighted by Gasteiger charge is 2.13. The lowest BCUT2D eigenvalue weighted by atomic mass is 10.1. The van der Waals surface area contributed by atoms with Gasteiger partial charge in [-0.15, -0.1) is 0 Å². The van der Waals surface area contributed by atoms with Gasteiger partial charge < -0.3 is 11.1 Å². The third-order valence-electron chi connectivity index (χ3n) is 2.49. The van der Waals surface area contributed by atoms with Crippen LogP contribution in [-0.2, 0) is 16.0 Å². The molecule has 0 saturated carbocycles. The highest BCUT2D eigenvalue weighted by Crippen LogP contribution is 2.02. The molecule has 0 aliphatic heterocycles. The summed E-state index contributed by atoms with van der Waals surface area (Å²) in [5.74, 6) is 1.22. The number of hydrogen-bond donors (Lipinski definition) is 2. The smallest absolute Gasteiger partial charge is 0.237 e. The molecule has 1 amide bonds. The van der Waals surface area contributed by atoms with Crippen molar-refractivity contribution >= 4 is 23.5 Å². The number of nitrogens with one attached hydrogen (secondary N) is 1. The Kier molecular flexibility index (Phi) is 7.22. The highest BCUT2D eigenvalue weighted by atomic mass is 32.2. The molecule has 1 aromatic rings. The summed E-state index contributed by atoms with van der Waals surface area (Å²) >= 11 is 1.51. The molecule has 0 spiro atoms. The summed E-state index contributed by atoms with van der Waals surface area (Å²) in [5, 5.41) is 2.78. The van der Waals surface area contributed by atoms with E-state index in [0.717, 1.165) is 11.3 Å². The van der Waals surface area contributed by atoms with Crippen molar-refractivity contribution in [2.45, 2.75) is 19.4 Å². The second-order valence-corrected chi connectivity index (χ2v) is 5.45. The van der Waals surface area contributed by atoms with Gasteiger partial charge in [-0.1, -0.05) is 30.3 Å².